The lowest BCUT2D eigenvalue weighted by molar-refractivity contribution is 0.340. The van der Waals surface area contributed by atoms with Gasteiger partial charge in [-0.05, 0) is 45.0 Å². The van der Waals surface area contributed by atoms with Gasteiger partial charge in [-0.25, -0.2) is 9.67 Å². The number of aromatic nitrogens is 4. The van der Waals surface area contributed by atoms with E-state index in [4.69, 9.17) is 10.5 Å². The van der Waals surface area contributed by atoms with Gasteiger partial charge < -0.3 is 10.5 Å². The van der Waals surface area contributed by atoms with Crippen molar-refractivity contribution in [2.45, 2.75) is 27.3 Å². The molecule has 110 valence electrons. The Kier molecular flexibility index (Phi) is 3.29. The van der Waals surface area contributed by atoms with E-state index in [2.05, 4.69) is 17.0 Å². The highest BCUT2D eigenvalue weighted by Crippen LogP contribution is 2.26. The maximum absolute atomic E-state index is 6.10. The van der Waals surface area contributed by atoms with Gasteiger partial charge in [-0.1, -0.05) is 0 Å². The summed E-state index contributed by atoms with van der Waals surface area (Å²) in [7, 11) is 0. The second kappa shape index (κ2) is 5.12. The molecule has 3 rings (SSSR count). The number of aryl methyl sites for hydroxylation is 2. The van der Waals surface area contributed by atoms with Gasteiger partial charge in [0, 0.05) is 6.54 Å². The zero-order valence-corrected chi connectivity index (χ0v) is 12.5. The summed E-state index contributed by atoms with van der Waals surface area (Å²) in [5, 5.41) is 4.50. The minimum atomic E-state index is 0.469. The number of nitrogens with zero attached hydrogens (tertiary/aromatic N) is 4. The summed E-state index contributed by atoms with van der Waals surface area (Å²) in [5.74, 6) is 1.31. The zero-order chi connectivity index (χ0) is 15.0. The van der Waals surface area contributed by atoms with Crippen LogP contribution >= 0.6 is 0 Å². The van der Waals surface area contributed by atoms with E-state index in [1.165, 1.54) is 0 Å². The number of hydrogen-bond acceptors (Lipinski definition) is 4. The molecule has 0 amide bonds. The number of fused-ring (bicyclic) bond motifs is 1. The molecule has 2 aromatic heterocycles. The topological polar surface area (TPSA) is 70.9 Å². The number of nitrogen functional groups attached to an aromatic ring is 1. The molecule has 21 heavy (non-hydrogen) atoms. The maximum atomic E-state index is 6.10. The third kappa shape index (κ3) is 2.12. The largest absolute Gasteiger partial charge is 0.494 e. The fraction of sp³-hybridized carbons (Fsp3) is 0.333. The lowest BCUT2D eigenvalue weighted by Gasteiger charge is -2.09. The van der Waals surface area contributed by atoms with Crippen LogP contribution in [-0.4, -0.2) is 25.9 Å². The van der Waals surface area contributed by atoms with Crippen LogP contribution in [0.2, 0.25) is 0 Å². The van der Waals surface area contributed by atoms with Crippen LogP contribution in [0.25, 0.3) is 16.9 Å². The average molecular weight is 285 g/mol. The summed E-state index contributed by atoms with van der Waals surface area (Å²) in [6.45, 7) is 7.39. The first-order valence-electron chi connectivity index (χ1n) is 7.10. The molecule has 0 aliphatic rings. The zero-order valence-electron chi connectivity index (χ0n) is 12.5. The summed E-state index contributed by atoms with van der Waals surface area (Å²) in [6.07, 6.45) is 0. The van der Waals surface area contributed by atoms with Gasteiger partial charge in [-0.2, -0.15) is 5.10 Å². The fourth-order valence-electron chi connectivity index (χ4n) is 2.52. The highest BCUT2D eigenvalue weighted by molar-refractivity contribution is 5.80. The predicted octanol–water partition coefficient (Wildman–Crippen LogP) is 2.53. The second-order valence-corrected chi connectivity index (χ2v) is 4.81. The molecule has 0 atom stereocenters. The van der Waals surface area contributed by atoms with Crippen LogP contribution in [0, 0.1) is 6.92 Å². The van der Waals surface area contributed by atoms with Crippen molar-refractivity contribution in [1.82, 2.24) is 19.3 Å². The van der Waals surface area contributed by atoms with E-state index in [0.29, 0.717) is 12.6 Å². The third-order valence-electron chi connectivity index (χ3n) is 3.44. The van der Waals surface area contributed by atoms with E-state index in [1.807, 2.05) is 47.4 Å². The first-order valence-corrected chi connectivity index (χ1v) is 7.10. The predicted molar refractivity (Wildman–Crippen MR) is 82.8 cm³/mol. The highest BCUT2D eigenvalue weighted by Gasteiger charge is 2.17. The van der Waals surface area contributed by atoms with Crippen molar-refractivity contribution in [3.05, 3.63) is 30.0 Å². The van der Waals surface area contributed by atoms with Crippen LogP contribution in [0.3, 0.4) is 0 Å². The van der Waals surface area contributed by atoms with E-state index < -0.39 is 0 Å². The van der Waals surface area contributed by atoms with Gasteiger partial charge in [-0.15, -0.1) is 0 Å². The molecule has 0 saturated carbocycles. The van der Waals surface area contributed by atoms with Gasteiger partial charge in [0.05, 0.1) is 18.0 Å². The van der Waals surface area contributed by atoms with Crippen LogP contribution in [-0.2, 0) is 6.54 Å². The van der Waals surface area contributed by atoms with Gasteiger partial charge in [0.2, 0.25) is 5.95 Å². The highest BCUT2D eigenvalue weighted by atomic mass is 16.5. The molecule has 6 heteroatoms. The van der Waals surface area contributed by atoms with E-state index in [0.717, 1.165) is 34.8 Å². The van der Waals surface area contributed by atoms with E-state index >= 15 is 0 Å². The molecule has 0 radical (unpaired) electrons. The fourth-order valence-corrected chi connectivity index (χ4v) is 2.52. The molecule has 2 N–H and O–H groups in total. The molecule has 1 aromatic carbocycles. The van der Waals surface area contributed by atoms with Crippen LogP contribution in [0.1, 0.15) is 19.5 Å². The molecular formula is C15H19N5O. The van der Waals surface area contributed by atoms with Crippen molar-refractivity contribution in [1.29, 1.82) is 0 Å². The number of ether oxygens (including phenoxy) is 1. The van der Waals surface area contributed by atoms with Gasteiger partial charge >= 0.3 is 0 Å². The molecule has 0 saturated heterocycles. The lowest BCUT2D eigenvalue weighted by Crippen LogP contribution is -2.06. The normalized spacial score (nSPS) is 11.2. The molecule has 2 heterocycles. The first-order chi connectivity index (χ1) is 10.2. The molecule has 0 bridgehead atoms. The van der Waals surface area contributed by atoms with Crippen molar-refractivity contribution >= 4 is 17.1 Å². The van der Waals surface area contributed by atoms with Crippen molar-refractivity contribution in [2.24, 2.45) is 0 Å². The Labute approximate surface area is 123 Å². The van der Waals surface area contributed by atoms with Gasteiger partial charge in [-0.3, -0.25) is 4.57 Å². The van der Waals surface area contributed by atoms with Crippen molar-refractivity contribution in [3.63, 3.8) is 0 Å². The Balaban J connectivity index is 2.17. The monoisotopic (exact) mass is 285 g/mol. The van der Waals surface area contributed by atoms with Gasteiger partial charge in [0.1, 0.15) is 11.3 Å². The molecular weight excluding hydrogens is 266 g/mol. The minimum Gasteiger partial charge on any atom is -0.494 e. The molecule has 6 nitrogen and oxygen atoms in total. The SMILES string of the molecule is CCOc1ccc(-n2c(N)nc3c(C)nn(CC)c32)cc1. The molecule has 3 aromatic rings. The number of hydrogen-bond donors (Lipinski definition) is 1. The summed E-state index contributed by atoms with van der Waals surface area (Å²) in [4.78, 5) is 4.44. The molecule has 0 spiro atoms. The van der Waals surface area contributed by atoms with Gasteiger partial charge in [0.15, 0.2) is 5.65 Å². The third-order valence-corrected chi connectivity index (χ3v) is 3.44. The maximum Gasteiger partial charge on any atom is 0.207 e. The molecule has 0 aliphatic heterocycles. The minimum absolute atomic E-state index is 0.469. The van der Waals surface area contributed by atoms with Crippen LogP contribution in [0.5, 0.6) is 5.75 Å². The molecule has 0 aliphatic carbocycles. The Hall–Kier alpha value is -2.50. The number of imidazole rings is 1. The molecule has 0 unspecified atom stereocenters. The van der Waals surface area contributed by atoms with E-state index in [1.54, 1.807) is 0 Å². The van der Waals surface area contributed by atoms with Crippen LogP contribution in [0.4, 0.5) is 5.95 Å². The number of rotatable bonds is 4. The van der Waals surface area contributed by atoms with E-state index in [-0.39, 0.29) is 0 Å². The summed E-state index contributed by atoms with van der Waals surface area (Å²) in [5.41, 5.74) is 9.72. The van der Waals surface area contributed by atoms with Crippen LogP contribution in [0.15, 0.2) is 24.3 Å². The Morgan fingerprint density at radius 2 is 1.90 bits per heavy atom. The number of nitrogens with two attached hydrogens (primary N) is 1. The quantitative estimate of drug-likeness (QED) is 0.799. The Bertz CT molecular complexity index is 770. The van der Waals surface area contributed by atoms with Crippen LogP contribution < -0.4 is 10.5 Å². The second-order valence-electron chi connectivity index (χ2n) is 4.81. The summed E-state index contributed by atoms with van der Waals surface area (Å²) >= 11 is 0. The average Bonchev–Trinajstić information content (AvgIpc) is 2.97. The Morgan fingerprint density at radius 3 is 2.52 bits per heavy atom. The number of benzene rings is 1. The van der Waals surface area contributed by atoms with Crippen molar-refractivity contribution in [2.75, 3.05) is 12.3 Å². The number of anilines is 1. The summed E-state index contributed by atoms with van der Waals surface area (Å²) in [6, 6.07) is 7.82. The van der Waals surface area contributed by atoms with Crippen molar-refractivity contribution < 1.29 is 4.74 Å². The molecule has 0 fully saturated rings. The van der Waals surface area contributed by atoms with Gasteiger partial charge in [0.25, 0.3) is 0 Å². The smallest absolute Gasteiger partial charge is 0.207 e. The summed E-state index contributed by atoms with van der Waals surface area (Å²) < 4.78 is 9.32. The standard InChI is InChI=1S/C15H19N5O/c1-4-19-14-13(10(3)18-19)17-15(16)20(14)11-6-8-12(9-7-11)21-5-2/h6-9H,4-5H2,1-3H3,(H2,16,17). The first kappa shape index (κ1) is 13.5. The lowest BCUT2D eigenvalue weighted by atomic mass is 10.3. The Morgan fingerprint density at radius 1 is 1.19 bits per heavy atom. The van der Waals surface area contributed by atoms with E-state index in [9.17, 15) is 0 Å². The van der Waals surface area contributed by atoms with Crippen molar-refractivity contribution in [3.8, 4) is 11.4 Å².